The van der Waals surface area contributed by atoms with Gasteiger partial charge in [-0.1, -0.05) is 31.5 Å². The number of amides is 1. The van der Waals surface area contributed by atoms with Crippen molar-refractivity contribution in [3.63, 3.8) is 0 Å². The van der Waals surface area contributed by atoms with Crippen LogP contribution in [0, 0.1) is 0 Å². The number of carboxylic acid groups (broad SMARTS) is 1. The summed E-state index contributed by atoms with van der Waals surface area (Å²) < 4.78 is 1.10. The minimum atomic E-state index is -0.907. The van der Waals surface area contributed by atoms with Crippen molar-refractivity contribution >= 4 is 33.3 Å². The van der Waals surface area contributed by atoms with Gasteiger partial charge in [-0.05, 0) is 23.4 Å². The van der Waals surface area contributed by atoms with E-state index in [4.69, 9.17) is 5.11 Å². The van der Waals surface area contributed by atoms with Crippen molar-refractivity contribution in [1.82, 2.24) is 5.32 Å². The molecule has 0 aliphatic carbocycles. The molecule has 0 radical (unpaired) electrons. The van der Waals surface area contributed by atoms with Crippen molar-refractivity contribution in [2.24, 2.45) is 0 Å². The second kappa shape index (κ2) is 6.52. The molecule has 0 aliphatic rings. The third-order valence-electron chi connectivity index (χ3n) is 3.03. The van der Waals surface area contributed by atoms with E-state index in [1.807, 2.05) is 24.3 Å². The minimum Gasteiger partial charge on any atom is -0.481 e. The topological polar surface area (TPSA) is 66.4 Å². The summed E-state index contributed by atoms with van der Waals surface area (Å²) in [7, 11) is 0. The Morgan fingerprint density at radius 3 is 2.75 bits per heavy atom. The van der Waals surface area contributed by atoms with Gasteiger partial charge < -0.3 is 10.4 Å². The monoisotopic (exact) mass is 291 g/mol. The number of hydrogen-bond donors (Lipinski definition) is 2. The van der Waals surface area contributed by atoms with Gasteiger partial charge in [-0.15, -0.1) is 11.3 Å². The molecule has 0 bridgehead atoms. The van der Waals surface area contributed by atoms with Gasteiger partial charge >= 0.3 is 5.97 Å². The third-order valence-corrected chi connectivity index (χ3v) is 4.24. The maximum Gasteiger partial charge on any atom is 0.305 e. The molecule has 0 saturated heterocycles. The molecule has 0 atom stereocenters. The smallest absolute Gasteiger partial charge is 0.305 e. The van der Waals surface area contributed by atoms with Crippen LogP contribution in [0.15, 0.2) is 24.3 Å². The number of aliphatic carboxylic acids is 1. The van der Waals surface area contributed by atoms with E-state index in [1.54, 1.807) is 0 Å². The second-order valence-corrected chi connectivity index (χ2v) is 5.61. The van der Waals surface area contributed by atoms with E-state index >= 15 is 0 Å². The predicted molar refractivity (Wildman–Crippen MR) is 80.4 cm³/mol. The molecule has 0 fully saturated rings. The average molecular weight is 291 g/mol. The number of fused-ring (bicyclic) bond motifs is 1. The highest BCUT2D eigenvalue weighted by Gasteiger charge is 2.17. The van der Waals surface area contributed by atoms with Crippen LogP contribution in [-0.2, 0) is 11.2 Å². The summed E-state index contributed by atoms with van der Waals surface area (Å²) in [5.41, 5.74) is 1.07. The average Bonchev–Trinajstić information content (AvgIpc) is 2.78. The van der Waals surface area contributed by atoms with E-state index < -0.39 is 5.97 Å². The van der Waals surface area contributed by atoms with Gasteiger partial charge in [0, 0.05) is 11.2 Å². The number of thiophene rings is 1. The van der Waals surface area contributed by atoms with Crippen LogP contribution in [0.25, 0.3) is 10.1 Å². The number of aryl methyl sites for hydroxylation is 1. The zero-order chi connectivity index (χ0) is 14.5. The Morgan fingerprint density at radius 1 is 1.30 bits per heavy atom. The van der Waals surface area contributed by atoms with Gasteiger partial charge in [0.05, 0.1) is 11.3 Å². The first-order valence-electron chi connectivity index (χ1n) is 6.64. The van der Waals surface area contributed by atoms with Crippen LogP contribution in [0.5, 0.6) is 0 Å². The summed E-state index contributed by atoms with van der Waals surface area (Å²) in [6.07, 6.45) is 1.77. The van der Waals surface area contributed by atoms with Gasteiger partial charge in [-0.2, -0.15) is 0 Å². The first-order chi connectivity index (χ1) is 9.63. The summed E-state index contributed by atoms with van der Waals surface area (Å²) in [6.45, 7) is 2.24. The lowest BCUT2D eigenvalue weighted by Gasteiger charge is -2.04. The first kappa shape index (κ1) is 14.5. The number of hydrogen-bond acceptors (Lipinski definition) is 3. The van der Waals surface area contributed by atoms with E-state index in [1.165, 1.54) is 11.3 Å². The van der Waals surface area contributed by atoms with E-state index in [9.17, 15) is 9.59 Å². The van der Waals surface area contributed by atoms with Crippen molar-refractivity contribution in [3.8, 4) is 0 Å². The van der Waals surface area contributed by atoms with Crippen LogP contribution in [0.4, 0.5) is 0 Å². The van der Waals surface area contributed by atoms with Gasteiger partial charge in [0.1, 0.15) is 0 Å². The van der Waals surface area contributed by atoms with Gasteiger partial charge in [0.25, 0.3) is 5.91 Å². The fourth-order valence-electron chi connectivity index (χ4n) is 2.14. The number of carboxylic acids is 1. The Morgan fingerprint density at radius 2 is 2.05 bits per heavy atom. The molecule has 1 aromatic carbocycles. The number of benzene rings is 1. The standard InChI is InChI=1S/C15H17NO3S/c1-2-5-11-10-6-3-4-7-12(10)20-14(11)15(19)16-9-8-13(17)18/h3-4,6-7H,2,5,8-9H2,1H3,(H,16,19)(H,17,18). The molecular formula is C15H17NO3S. The Hall–Kier alpha value is -1.88. The molecule has 4 nitrogen and oxygen atoms in total. The highest BCUT2D eigenvalue weighted by molar-refractivity contribution is 7.21. The molecule has 2 rings (SSSR count). The molecule has 106 valence electrons. The lowest BCUT2D eigenvalue weighted by Crippen LogP contribution is -2.26. The molecule has 0 unspecified atom stereocenters. The molecule has 5 heteroatoms. The summed E-state index contributed by atoms with van der Waals surface area (Å²) >= 11 is 1.47. The van der Waals surface area contributed by atoms with Crippen molar-refractivity contribution in [2.75, 3.05) is 6.54 Å². The van der Waals surface area contributed by atoms with E-state index in [0.717, 1.165) is 28.5 Å². The maximum absolute atomic E-state index is 12.2. The molecule has 0 saturated carbocycles. The number of rotatable bonds is 6. The van der Waals surface area contributed by atoms with Gasteiger partial charge in [0.2, 0.25) is 0 Å². The zero-order valence-corrected chi connectivity index (χ0v) is 12.1. The fraction of sp³-hybridized carbons (Fsp3) is 0.333. The molecule has 2 N–H and O–H groups in total. The van der Waals surface area contributed by atoms with Gasteiger partial charge in [-0.25, -0.2) is 0 Å². The SMILES string of the molecule is CCCc1c(C(=O)NCCC(=O)O)sc2ccccc12. The van der Waals surface area contributed by atoms with Crippen molar-refractivity contribution < 1.29 is 14.7 Å². The van der Waals surface area contributed by atoms with Crippen LogP contribution in [0.2, 0.25) is 0 Å². The maximum atomic E-state index is 12.2. The van der Waals surface area contributed by atoms with E-state index in [-0.39, 0.29) is 18.9 Å². The van der Waals surface area contributed by atoms with Crippen LogP contribution in [0.3, 0.4) is 0 Å². The van der Waals surface area contributed by atoms with Gasteiger partial charge in [-0.3, -0.25) is 9.59 Å². The van der Waals surface area contributed by atoms with Crippen LogP contribution < -0.4 is 5.32 Å². The van der Waals surface area contributed by atoms with E-state index in [0.29, 0.717) is 4.88 Å². The molecule has 0 spiro atoms. The molecule has 1 aromatic heterocycles. The minimum absolute atomic E-state index is 0.0558. The number of carbonyl (C=O) groups is 2. The van der Waals surface area contributed by atoms with E-state index in [2.05, 4.69) is 12.2 Å². The Kier molecular flexibility index (Phi) is 4.74. The van der Waals surface area contributed by atoms with Gasteiger partial charge in [0.15, 0.2) is 0 Å². The molecule has 20 heavy (non-hydrogen) atoms. The Labute approximate surface area is 121 Å². The predicted octanol–water partition coefficient (Wildman–Crippen LogP) is 3.06. The summed E-state index contributed by atoms with van der Waals surface area (Å²) in [5, 5.41) is 12.4. The van der Waals surface area contributed by atoms with Crippen molar-refractivity contribution in [1.29, 1.82) is 0 Å². The number of carbonyl (C=O) groups excluding carboxylic acids is 1. The van der Waals surface area contributed by atoms with Crippen molar-refractivity contribution in [3.05, 3.63) is 34.7 Å². The second-order valence-electron chi connectivity index (χ2n) is 4.56. The molecule has 1 amide bonds. The highest BCUT2D eigenvalue weighted by atomic mass is 32.1. The van der Waals surface area contributed by atoms with Crippen LogP contribution in [0.1, 0.15) is 35.0 Å². The lowest BCUT2D eigenvalue weighted by atomic mass is 10.1. The quantitative estimate of drug-likeness (QED) is 0.859. The summed E-state index contributed by atoms with van der Waals surface area (Å²) in [4.78, 5) is 23.4. The largest absolute Gasteiger partial charge is 0.481 e. The lowest BCUT2D eigenvalue weighted by molar-refractivity contribution is -0.136. The van der Waals surface area contributed by atoms with Crippen LogP contribution >= 0.6 is 11.3 Å². The molecule has 2 aromatic rings. The summed E-state index contributed by atoms with van der Waals surface area (Å²) in [5.74, 6) is -1.08. The fourth-order valence-corrected chi connectivity index (χ4v) is 3.31. The first-order valence-corrected chi connectivity index (χ1v) is 7.45. The van der Waals surface area contributed by atoms with Crippen LogP contribution in [-0.4, -0.2) is 23.5 Å². The summed E-state index contributed by atoms with van der Waals surface area (Å²) in [6, 6.07) is 7.97. The Bertz CT molecular complexity index is 633. The normalized spacial score (nSPS) is 10.7. The molecular weight excluding hydrogens is 274 g/mol. The molecule has 1 heterocycles. The Balaban J connectivity index is 2.25. The number of nitrogens with one attached hydrogen (secondary N) is 1. The van der Waals surface area contributed by atoms with Crippen molar-refractivity contribution in [2.45, 2.75) is 26.2 Å². The zero-order valence-electron chi connectivity index (χ0n) is 11.3. The molecule has 0 aliphatic heterocycles. The highest BCUT2D eigenvalue weighted by Crippen LogP contribution is 2.32. The third kappa shape index (κ3) is 3.17.